The number of ether oxygens (including phenoxy) is 5. The van der Waals surface area contributed by atoms with E-state index in [0.29, 0.717) is 54.6 Å². The number of aliphatic hydroxyl groups is 1. The predicted molar refractivity (Wildman–Crippen MR) is 401 cm³/mol. The van der Waals surface area contributed by atoms with E-state index < -0.39 is 5.97 Å². The third-order valence-electron chi connectivity index (χ3n) is 21.4. The summed E-state index contributed by atoms with van der Waals surface area (Å²) in [5.41, 5.74) is 9.73. The van der Waals surface area contributed by atoms with Gasteiger partial charge in [0.25, 0.3) is 0 Å². The molecular weight excluding hydrogens is 1590 g/mol. The molecule has 0 unspecified atom stereocenters. The second-order valence-corrected chi connectivity index (χ2v) is 32.2. The van der Waals surface area contributed by atoms with Gasteiger partial charge >= 0.3 is 35.5 Å². The van der Waals surface area contributed by atoms with Crippen LogP contribution in [-0.2, 0) is 65.4 Å². The van der Waals surface area contributed by atoms with Gasteiger partial charge in [-0.2, -0.15) is 0 Å². The van der Waals surface area contributed by atoms with E-state index >= 15 is 0 Å². The van der Waals surface area contributed by atoms with Gasteiger partial charge in [0, 0.05) is 146 Å². The molecular formula is C79H92BBr5NaO13. The van der Waals surface area contributed by atoms with Crippen molar-refractivity contribution in [3.05, 3.63) is 182 Å². The van der Waals surface area contributed by atoms with E-state index in [1.807, 2.05) is 72.8 Å². The molecule has 13 nitrogen and oxygen atoms in total. The van der Waals surface area contributed by atoms with Crippen LogP contribution < -0.4 is 29.6 Å². The first kappa shape index (κ1) is 82.9. The van der Waals surface area contributed by atoms with Crippen molar-refractivity contribution in [3.8, 4) is 0 Å². The quantitative estimate of drug-likeness (QED) is 0.102. The number of hydrogen-bond acceptors (Lipinski definition) is 13. The van der Waals surface area contributed by atoms with E-state index in [1.54, 1.807) is 14.2 Å². The third kappa shape index (κ3) is 21.0. The van der Waals surface area contributed by atoms with E-state index in [0.717, 1.165) is 210 Å². The zero-order chi connectivity index (χ0) is 69.5. The molecule has 0 aromatic heterocycles. The molecule has 4 saturated carbocycles. The van der Waals surface area contributed by atoms with Crippen LogP contribution in [0.25, 0.3) is 0 Å². The summed E-state index contributed by atoms with van der Waals surface area (Å²) in [5.74, 6) is 1.44. The minimum atomic E-state index is -0.394. The van der Waals surface area contributed by atoms with Crippen LogP contribution in [0.2, 0.25) is 0 Å². The van der Waals surface area contributed by atoms with Crippen LogP contribution in [0, 0.1) is 21.7 Å². The number of aliphatic hydroxyl groups excluding tert-OH is 1. The average Bonchev–Trinajstić information content (AvgIpc) is 1.63. The molecule has 4 spiro atoms. The van der Waals surface area contributed by atoms with Crippen LogP contribution in [0.5, 0.6) is 0 Å². The summed E-state index contributed by atoms with van der Waals surface area (Å²) in [6, 6.07) is 30.1. The first-order valence-electron chi connectivity index (χ1n) is 34.3. The Bertz CT molecular complexity index is 3560. The van der Waals surface area contributed by atoms with Gasteiger partial charge in [-0.1, -0.05) is 117 Å². The van der Waals surface area contributed by atoms with Gasteiger partial charge in [-0.15, -0.1) is 0 Å². The monoisotopic (exact) mass is 1680 g/mol. The summed E-state index contributed by atoms with van der Waals surface area (Å²) in [6.07, 6.45) is 25.6. The van der Waals surface area contributed by atoms with Crippen molar-refractivity contribution in [3.63, 3.8) is 0 Å². The van der Waals surface area contributed by atoms with Crippen molar-refractivity contribution < 1.29 is 93.3 Å². The molecule has 5 aromatic carbocycles. The van der Waals surface area contributed by atoms with Gasteiger partial charge < -0.3 is 30.2 Å². The number of rotatable bonds is 3. The minimum absolute atomic E-state index is 0. The Hall–Kier alpha value is -3.41. The van der Waals surface area contributed by atoms with Crippen molar-refractivity contribution in [2.45, 2.75) is 185 Å². The zero-order valence-electron chi connectivity index (χ0n) is 58.7. The van der Waals surface area contributed by atoms with Crippen molar-refractivity contribution in [1.29, 1.82) is 0 Å². The van der Waals surface area contributed by atoms with Gasteiger partial charge in [-0.25, -0.2) is 4.79 Å². The number of hydrogen-bond donors (Lipinski definition) is 1. The van der Waals surface area contributed by atoms with Gasteiger partial charge in [-0.05, 0) is 236 Å². The molecule has 0 atom stereocenters. The van der Waals surface area contributed by atoms with E-state index in [1.165, 1.54) is 55.0 Å². The number of carbonyl (C=O) groups is 7. The maximum absolute atomic E-state index is 12.7. The summed E-state index contributed by atoms with van der Waals surface area (Å²) in [4.78, 5) is 82.7. The number of aryl methyl sites for hydroxylation is 1. The van der Waals surface area contributed by atoms with Crippen LogP contribution >= 0.6 is 79.6 Å². The molecule has 11 aliphatic rings. The van der Waals surface area contributed by atoms with Gasteiger partial charge in [-0.3, -0.25) is 28.8 Å². The zero-order valence-corrected chi connectivity index (χ0v) is 67.6. The maximum atomic E-state index is 12.7. The average molecular weight is 1680 g/mol. The Kier molecular flexibility index (Phi) is 32.3. The van der Waals surface area contributed by atoms with Crippen LogP contribution in [0.4, 0.5) is 0 Å². The number of esters is 1. The second kappa shape index (κ2) is 38.6. The molecule has 0 bridgehead atoms. The largest absolute Gasteiger partial charge is 1.00 e. The summed E-state index contributed by atoms with van der Waals surface area (Å²) in [7, 11) is 4.85. The van der Waals surface area contributed by atoms with Gasteiger partial charge in [0.05, 0.1) is 25.4 Å². The normalized spacial score (nSPS) is 25.0. The van der Waals surface area contributed by atoms with Crippen molar-refractivity contribution in [2.24, 2.45) is 21.7 Å². The molecule has 2 heterocycles. The minimum Gasteiger partial charge on any atom is -1.00 e. The van der Waals surface area contributed by atoms with E-state index in [9.17, 15) is 38.7 Å². The van der Waals surface area contributed by atoms with Crippen LogP contribution in [0.3, 0.4) is 0 Å². The fraction of sp³-hybridized carbons (Fsp3) is 0.506. The van der Waals surface area contributed by atoms with Crippen molar-refractivity contribution in [1.82, 2.24) is 0 Å². The molecule has 9 aliphatic carbocycles. The Balaban J connectivity index is 0.000000186. The van der Waals surface area contributed by atoms with Crippen molar-refractivity contribution >= 4 is 129 Å². The number of halogens is 5. The first-order valence-corrected chi connectivity index (χ1v) is 38.3. The van der Waals surface area contributed by atoms with Gasteiger partial charge in [0.15, 0.2) is 28.9 Å². The molecule has 2 saturated heterocycles. The van der Waals surface area contributed by atoms with E-state index in [4.69, 9.17) is 18.9 Å². The topological polar surface area (TPSA) is 186 Å². The molecule has 99 heavy (non-hydrogen) atoms. The van der Waals surface area contributed by atoms with Crippen LogP contribution in [0.15, 0.2) is 126 Å². The fourth-order valence-corrected chi connectivity index (χ4v) is 17.4. The SMILES string of the molecule is C1CCOC1.C1CCOC1.C=CC(=O)OC.COC1CCC2(CC1)Cc1ccc(Br)cc1C2=O.COC1CCC2(CC1)Cc1ccc(Br)cc1C2=O.O=C1CCC2(CC1)Cc1ccc(Br)cc1C2=O.O=C1CCc2ccc(Br)cc21.O=C1c2cc(Br)ccc2CC12CCC(O)CC2.[B].[H-].[Na+]. The Morgan fingerprint density at radius 2 is 0.747 bits per heavy atom. The number of methoxy groups -OCH3 is 3. The van der Waals surface area contributed by atoms with E-state index in [-0.39, 0.29) is 78.7 Å². The number of Topliss-reactive ketones (excluding diaryl/α,β-unsaturated/α-hetero) is 6. The summed E-state index contributed by atoms with van der Waals surface area (Å²) < 4.78 is 29.8. The van der Waals surface area contributed by atoms with Crippen LogP contribution in [0.1, 0.15) is 216 Å². The Morgan fingerprint density at radius 3 is 1.02 bits per heavy atom. The fourth-order valence-electron chi connectivity index (χ4n) is 15.6. The smallest absolute Gasteiger partial charge is 1.00 e. The third-order valence-corrected chi connectivity index (χ3v) is 23.9. The Labute approximate surface area is 652 Å². The maximum Gasteiger partial charge on any atom is 1.00 e. The number of benzene rings is 5. The molecule has 5 aromatic rings. The summed E-state index contributed by atoms with van der Waals surface area (Å²) in [5, 5.41) is 9.58. The number of ketones is 6. The van der Waals surface area contributed by atoms with Gasteiger partial charge in [0.1, 0.15) is 5.78 Å². The predicted octanol–water partition coefficient (Wildman–Crippen LogP) is 15.2. The van der Waals surface area contributed by atoms with Crippen molar-refractivity contribution in [2.75, 3.05) is 47.8 Å². The molecule has 20 heteroatoms. The first-order chi connectivity index (χ1) is 46.6. The number of fused-ring (bicyclic) bond motifs is 5. The number of carbonyl (C=O) groups excluding carboxylic acids is 7. The summed E-state index contributed by atoms with van der Waals surface area (Å²) in [6.45, 7) is 7.16. The molecule has 16 rings (SSSR count). The Morgan fingerprint density at radius 1 is 0.455 bits per heavy atom. The standard InChI is InChI=1S/2C15H17BrO2.C14H15BrO2.C14H13BrO2.C9H7BrO.C4H6O2.2C4H8O.B.Na.H/c2*1-18-12-4-6-15(7-5-12)9-10-2-3-11(16)8-13(10)14(15)17;2*15-10-2-1-9-8-14(13(17)12(9)7-10)5-3-11(16)4-6-14;10-7-3-1-6-2-4-9(11)8(6)5-7;1-3-4(5)6-2;2*1-2-4-5-3-1;;;/h2*2-3,8,12H,4-7,9H2,1H3;1-2,7,11,16H,3-6,8H2;1-2,7H,3-6,8H2;1,3,5H,2,4H2;3H,1H2,2H3;2*1-4H2;;;/q;;;;;;;;;+1;-1. The summed E-state index contributed by atoms with van der Waals surface area (Å²) >= 11 is 17.1. The molecule has 6 fully saturated rings. The molecule has 525 valence electrons. The molecule has 0 amide bonds. The second-order valence-electron chi connectivity index (χ2n) is 27.6. The molecule has 2 aliphatic heterocycles. The molecule has 1 N–H and O–H groups in total. The molecule has 3 radical (unpaired) electrons. The van der Waals surface area contributed by atoms with Crippen LogP contribution in [-0.4, -0.2) is 120 Å². The van der Waals surface area contributed by atoms with E-state index in [2.05, 4.69) is 109 Å². The van der Waals surface area contributed by atoms with Gasteiger partial charge in [0.2, 0.25) is 0 Å².